The Labute approximate surface area is 281 Å². The second-order valence-corrected chi connectivity index (χ2v) is 12.1. The highest BCUT2D eigenvalue weighted by atomic mass is 15.3. The smallest absolute Gasteiger partial charge is 0.145 e. The summed E-state index contributed by atoms with van der Waals surface area (Å²) in [5, 5.41) is 17.3. The van der Waals surface area contributed by atoms with Gasteiger partial charge in [-0.05, 0) is 100 Å². The number of benzene rings is 6. The van der Waals surface area contributed by atoms with Crippen molar-refractivity contribution in [1.82, 2.24) is 5.32 Å². The highest BCUT2D eigenvalue weighted by Gasteiger charge is 2.26. The van der Waals surface area contributed by atoms with Crippen molar-refractivity contribution in [3.8, 4) is 28.3 Å². The maximum absolute atomic E-state index is 10.1. The van der Waals surface area contributed by atoms with Crippen LogP contribution in [0.4, 0.5) is 17.1 Å². The summed E-state index contributed by atoms with van der Waals surface area (Å²) in [4.78, 5) is 7.48. The molecule has 0 aliphatic carbocycles. The Morgan fingerprint density at radius 3 is 2.00 bits per heavy atom. The minimum atomic E-state index is -0.283. The van der Waals surface area contributed by atoms with Gasteiger partial charge in [-0.1, -0.05) is 103 Å². The number of nitriles is 1. The molecule has 0 saturated heterocycles. The molecule has 8 rings (SSSR count). The van der Waals surface area contributed by atoms with Crippen molar-refractivity contribution in [2.75, 3.05) is 10.2 Å². The molecule has 0 saturated carbocycles. The first-order valence-electron chi connectivity index (χ1n) is 16.2. The Morgan fingerprint density at radius 2 is 1.25 bits per heavy atom. The lowest BCUT2D eigenvalue weighted by Crippen LogP contribution is -2.28. The van der Waals surface area contributed by atoms with Gasteiger partial charge in [0.1, 0.15) is 12.3 Å². The van der Waals surface area contributed by atoms with E-state index in [-0.39, 0.29) is 12.3 Å². The number of nitrogens with zero attached hydrogens (tertiary/aromatic N) is 3. The fraction of sp³-hybridized carbons (Fsp3) is 0.0698. The Bertz CT molecular complexity index is 2230. The van der Waals surface area contributed by atoms with Gasteiger partial charge in [-0.15, -0.1) is 0 Å². The van der Waals surface area contributed by atoms with Crippen molar-refractivity contribution < 1.29 is 0 Å². The molecule has 5 nitrogen and oxygen atoms in total. The zero-order chi connectivity index (χ0) is 32.5. The summed E-state index contributed by atoms with van der Waals surface area (Å²) in [6.45, 7) is 2.17. The number of rotatable bonds is 6. The monoisotopic (exact) mass is 619 g/mol. The van der Waals surface area contributed by atoms with E-state index in [0.29, 0.717) is 5.56 Å². The van der Waals surface area contributed by atoms with E-state index in [0.717, 1.165) is 67.4 Å². The van der Waals surface area contributed by atoms with Crippen molar-refractivity contribution in [2.24, 2.45) is 4.99 Å². The number of hydrogen-bond donors (Lipinski definition) is 2. The third-order valence-corrected chi connectivity index (χ3v) is 8.97. The summed E-state index contributed by atoms with van der Waals surface area (Å²) >= 11 is 0. The molecule has 2 aliphatic heterocycles. The Hall–Kier alpha value is -6.38. The molecule has 48 heavy (non-hydrogen) atoms. The molecule has 0 aromatic heterocycles. The Kier molecular flexibility index (Phi) is 7.52. The zero-order valence-corrected chi connectivity index (χ0v) is 26.5. The summed E-state index contributed by atoms with van der Waals surface area (Å²) in [6, 6.07) is 54.6. The average molecular weight is 620 g/mol. The van der Waals surface area contributed by atoms with Crippen molar-refractivity contribution >= 4 is 28.5 Å². The molecule has 2 unspecified atom stereocenters. The standard InChI is InChI=1S/C43H33N5/c1-29-45-39-20-8-9-21-42(39)48(29)38-19-11-17-34(26-38)37-23-30(28-44)22-36(25-37)33-16-10-18-35(24-33)43-46-40(31-12-4-2-5-13-31)27-41(47-43)32-14-6-3-7-15-32/h2-27,29,43,45-46H,1H3. The molecule has 2 heterocycles. The van der Waals surface area contributed by atoms with Gasteiger partial charge in [0, 0.05) is 11.4 Å². The minimum Gasteiger partial charge on any atom is -0.363 e. The van der Waals surface area contributed by atoms with Crippen LogP contribution < -0.4 is 15.5 Å². The normalized spacial score (nSPS) is 16.5. The summed E-state index contributed by atoms with van der Waals surface area (Å²) in [5.41, 5.74) is 13.3. The second kappa shape index (κ2) is 12.4. The molecule has 5 heteroatoms. The van der Waals surface area contributed by atoms with E-state index < -0.39 is 0 Å². The highest BCUT2D eigenvalue weighted by Crippen LogP contribution is 2.41. The van der Waals surface area contributed by atoms with Crippen LogP contribution in [0.15, 0.2) is 163 Å². The van der Waals surface area contributed by atoms with E-state index >= 15 is 0 Å². The maximum atomic E-state index is 10.1. The maximum Gasteiger partial charge on any atom is 0.145 e. The van der Waals surface area contributed by atoms with Crippen molar-refractivity contribution in [1.29, 1.82) is 5.26 Å². The van der Waals surface area contributed by atoms with E-state index in [1.165, 1.54) is 0 Å². The molecule has 0 bridgehead atoms. The molecule has 2 atom stereocenters. The second-order valence-electron chi connectivity index (χ2n) is 12.1. The average Bonchev–Trinajstić information content (AvgIpc) is 3.50. The minimum absolute atomic E-state index is 0.122. The number of hydrogen-bond acceptors (Lipinski definition) is 5. The first-order chi connectivity index (χ1) is 23.6. The van der Waals surface area contributed by atoms with Crippen molar-refractivity contribution in [3.05, 3.63) is 180 Å². The van der Waals surface area contributed by atoms with E-state index in [1.54, 1.807) is 0 Å². The third kappa shape index (κ3) is 5.61. The molecule has 0 radical (unpaired) electrons. The predicted molar refractivity (Wildman–Crippen MR) is 197 cm³/mol. The largest absolute Gasteiger partial charge is 0.363 e. The van der Waals surface area contributed by atoms with Crippen LogP contribution in [0.5, 0.6) is 0 Å². The predicted octanol–water partition coefficient (Wildman–Crippen LogP) is 9.93. The molecule has 0 fully saturated rings. The quantitative estimate of drug-likeness (QED) is 0.195. The lowest BCUT2D eigenvalue weighted by molar-refractivity contribution is 0.664. The summed E-state index contributed by atoms with van der Waals surface area (Å²) < 4.78 is 0. The number of fused-ring (bicyclic) bond motifs is 1. The van der Waals surface area contributed by atoms with E-state index in [9.17, 15) is 5.26 Å². The van der Waals surface area contributed by atoms with Crippen LogP contribution in [0.3, 0.4) is 0 Å². The van der Waals surface area contributed by atoms with Gasteiger partial charge in [-0.25, -0.2) is 0 Å². The van der Waals surface area contributed by atoms with Gasteiger partial charge in [0.05, 0.1) is 28.7 Å². The van der Waals surface area contributed by atoms with Crippen LogP contribution in [-0.2, 0) is 0 Å². The van der Waals surface area contributed by atoms with Crippen LogP contribution >= 0.6 is 0 Å². The van der Waals surface area contributed by atoms with E-state index in [2.05, 4.69) is 150 Å². The van der Waals surface area contributed by atoms with Gasteiger partial charge in [-0.3, -0.25) is 4.99 Å². The van der Waals surface area contributed by atoms with E-state index in [4.69, 9.17) is 4.99 Å². The zero-order valence-electron chi connectivity index (χ0n) is 26.5. The van der Waals surface area contributed by atoms with Crippen LogP contribution in [0, 0.1) is 11.3 Å². The molecule has 0 spiro atoms. The SMILES string of the molecule is CC1Nc2ccccc2N1c1cccc(-c2cc(C#N)cc(-c3cccc(C4N=C(c5ccccc5)C=C(c5ccccc5)N4)c3)c2)c1. The first kappa shape index (κ1) is 29.1. The van der Waals surface area contributed by atoms with Crippen molar-refractivity contribution in [2.45, 2.75) is 19.3 Å². The molecule has 6 aromatic carbocycles. The number of anilines is 3. The van der Waals surface area contributed by atoms with Crippen LogP contribution in [0.25, 0.3) is 28.0 Å². The summed E-state index contributed by atoms with van der Waals surface area (Å²) in [6.07, 6.45) is 1.96. The Balaban J connectivity index is 1.16. The fourth-order valence-electron chi connectivity index (χ4n) is 6.66. The molecule has 230 valence electrons. The topological polar surface area (TPSA) is 63.5 Å². The molecular weight excluding hydrogens is 587 g/mol. The number of nitrogens with one attached hydrogen (secondary N) is 2. The highest BCUT2D eigenvalue weighted by molar-refractivity contribution is 6.13. The van der Waals surface area contributed by atoms with E-state index in [1.807, 2.05) is 36.4 Å². The first-order valence-corrected chi connectivity index (χ1v) is 16.2. The number of aliphatic imine (C=N–C) groups is 1. The van der Waals surface area contributed by atoms with Crippen LogP contribution in [-0.4, -0.2) is 11.9 Å². The summed E-state index contributed by atoms with van der Waals surface area (Å²) in [7, 11) is 0. The fourth-order valence-corrected chi connectivity index (χ4v) is 6.66. The lowest BCUT2D eigenvalue weighted by Gasteiger charge is -2.25. The third-order valence-electron chi connectivity index (χ3n) is 8.97. The number of allylic oxidation sites excluding steroid dienone is 1. The van der Waals surface area contributed by atoms with Gasteiger partial charge in [0.15, 0.2) is 0 Å². The molecule has 6 aromatic rings. The lowest BCUT2D eigenvalue weighted by atomic mass is 9.94. The van der Waals surface area contributed by atoms with Gasteiger partial charge in [0.2, 0.25) is 0 Å². The van der Waals surface area contributed by atoms with Gasteiger partial charge >= 0.3 is 0 Å². The molecule has 2 aliphatic rings. The number of para-hydroxylation sites is 2. The Morgan fingerprint density at radius 1 is 0.604 bits per heavy atom. The molecule has 2 N–H and O–H groups in total. The van der Waals surface area contributed by atoms with Gasteiger partial charge in [-0.2, -0.15) is 5.26 Å². The summed E-state index contributed by atoms with van der Waals surface area (Å²) in [5.74, 6) is 0. The van der Waals surface area contributed by atoms with Gasteiger partial charge < -0.3 is 15.5 Å². The molecular formula is C43H33N5. The van der Waals surface area contributed by atoms with Crippen molar-refractivity contribution in [3.63, 3.8) is 0 Å². The van der Waals surface area contributed by atoms with Crippen LogP contribution in [0.1, 0.15) is 35.3 Å². The van der Waals surface area contributed by atoms with Crippen LogP contribution in [0.2, 0.25) is 0 Å². The van der Waals surface area contributed by atoms with Gasteiger partial charge in [0.25, 0.3) is 0 Å². The molecule has 0 amide bonds.